The Morgan fingerprint density at radius 2 is 2.10 bits per heavy atom. The van der Waals surface area contributed by atoms with E-state index in [2.05, 4.69) is 0 Å². The molecule has 3 rings (SSSR count). The number of hydrogen-bond acceptors (Lipinski definition) is 3. The summed E-state index contributed by atoms with van der Waals surface area (Å²) in [7, 11) is -3.34. The molecule has 1 heterocycles. The second-order valence-electron chi connectivity index (χ2n) is 5.51. The Balaban J connectivity index is 2.01. The van der Waals surface area contributed by atoms with E-state index in [1.807, 2.05) is 0 Å². The van der Waals surface area contributed by atoms with Gasteiger partial charge >= 0.3 is 5.97 Å². The van der Waals surface area contributed by atoms with Crippen molar-refractivity contribution in [3.05, 3.63) is 29.3 Å². The minimum atomic E-state index is -3.34. The van der Waals surface area contributed by atoms with Crippen LogP contribution in [0, 0.1) is 5.92 Å². The third kappa shape index (κ3) is 2.40. The number of carboxylic acids is 1. The highest BCUT2D eigenvalue weighted by atomic mass is 32.2. The van der Waals surface area contributed by atoms with E-state index in [0.717, 1.165) is 12.8 Å². The van der Waals surface area contributed by atoms with E-state index in [1.165, 1.54) is 10.4 Å². The van der Waals surface area contributed by atoms with Crippen LogP contribution in [-0.4, -0.2) is 31.8 Å². The lowest BCUT2D eigenvalue weighted by Gasteiger charge is -2.31. The van der Waals surface area contributed by atoms with Gasteiger partial charge in [-0.3, -0.25) is 4.31 Å². The average molecular weight is 295 g/mol. The van der Waals surface area contributed by atoms with Gasteiger partial charge in [-0.2, -0.15) is 0 Å². The van der Waals surface area contributed by atoms with Crippen molar-refractivity contribution < 1.29 is 18.3 Å². The van der Waals surface area contributed by atoms with Crippen molar-refractivity contribution >= 4 is 21.7 Å². The van der Waals surface area contributed by atoms with Gasteiger partial charge in [0.2, 0.25) is 10.0 Å². The summed E-state index contributed by atoms with van der Waals surface area (Å²) in [6.07, 6.45) is 3.25. The molecule has 20 heavy (non-hydrogen) atoms. The van der Waals surface area contributed by atoms with Gasteiger partial charge in [-0.25, -0.2) is 13.2 Å². The molecule has 1 aromatic carbocycles. The maximum Gasteiger partial charge on any atom is 0.336 e. The molecule has 1 aliphatic heterocycles. The quantitative estimate of drug-likeness (QED) is 0.920. The molecule has 108 valence electrons. The first-order valence-electron chi connectivity index (χ1n) is 6.84. The normalized spacial score (nSPS) is 18.7. The van der Waals surface area contributed by atoms with E-state index in [-0.39, 0.29) is 17.2 Å². The van der Waals surface area contributed by atoms with Crippen LogP contribution in [0.5, 0.6) is 0 Å². The zero-order valence-corrected chi connectivity index (χ0v) is 11.9. The number of benzene rings is 1. The summed E-state index contributed by atoms with van der Waals surface area (Å²) in [4.78, 5) is 11.2. The van der Waals surface area contributed by atoms with Crippen LogP contribution in [0.15, 0.2) is 18.2 Å². The molecule has 0 saturated heterocycles. The van der Waals surface area contributed by atoms with Crippen LogP contribution in [0.25, 0.3) is 0 Å². The molecule has 0 aromatic heterocycles. The summed E-state index contributed by atoms with van der Waals surface area (Å²) in [6, 6.07) is 4.87. The number of aromatic carboxylic acids is 1. The number of carbonyl (C=O) groups is 1. The number of nitrogens with zero attached hydrogens (tertiary/aromatic N) is 1. The summed E-state index contributed by atoms with van der Waals surface area (Å²) in [5, 5.41) is 9.22. The van der Waals surface area contributed by atoms with Gasteiger partial charge in [0, 0.05) is 6.54 Å². The van der Waals surface area contributed by atoms with Crippen molar-refractivity contribution in [2.24, 2.45) is 5.92 Å². The van der Waals surface area contributed by atoms with Crippen LogP contribution in [-0.2, 0) is 16.4 Å². The molecule has 1 aliphatic carbocycles. The third-order valence-electron chi connectivity index (χ3n) is 3.92. The summed E-state index contributed by atoms with van der Waals surface area (Å²) >= 11 is 0. The Labute approximate surface area is 118 Å². The summed E-state index contributed by atoms with van der Waals surface area (Å²) in [6.45, 7) is 0.450. The standard InChI is InChI=1S/C14H17NO4S/c16-14(17)12-3-1-5-13-11(12)4-2-8-15(13)20(18,19)9-10-6-7-10/h1,3,5,10H,2,4,6-9H2,(H,16,17). The van der Waals surface area contributed by atoms with Crippen LogP contribution in [0.4, 0.5) is 5.69 Å². The number of fused-ring (bicyclic) bond motifs is 1. The third-order valence-corrected chi connectivity index (χ3v) is 5.86. The molecule has 0 bridgehead atoms. The Bertz CT molecular complexity index is 649. The van der Waals surface area contributed by atoms with Gasteiger partial charge in [0.25, 0.3) is 0 Å². The van der Waals surface area contributed by atoms with Gasteiger partial charge in [-0.05, 0) is 49.3 Å². The predicted octanol–water partition coefficient (Wildman–Crippen LogP) is 1.88. The molecule has 1 aromatic rings. The van der Waals surface area contributed by atoms with E-state index in [4.69, 9.17) is 0 Å². The Kier molecular flexibility index (Phi) is 3.20. The largest absolute Gasteiger partial charge is 0.478 e. The number of rotatable bonds is 4. The molecule has 1 fully saturated rings. The van der Waals surface area contributed by atoms with Crippen molar-refractivity contribution in [1.29, 1.82) is 0 Å². The zero-order chi connectivity index (χ0) is 14.3. The fourth-order valence-corrected chi connectivity index (χ4v) is 4.74. The molecular formula is C14H17NO4S. The molecular weight excluding hydrogens is 278 g/mol. The Hall–Kier alpha value is -1.56. The van der Waals surface area contributed by atoms with E-state index in [0.29, 0.717) is 30.6 Å². The fourth-order valence-electron chi connectivity index (χ4n) is 2.75. The van der Waals surface area contributed by atoms with Gasteiger partial charge in [-0.15, -0.1) is 0 Å². The van der Waals surface area contributed by atoms with Crippen LogP contribution >= 0.6 is 0 Å². The highest BCUT2D eigenvalue weighted by Gasteiger charge is 2.34. The number of hydrogen-bond donors (Lipinski definition) is 1. The van der Waals surface area contributed by atoms with Gasteiger partial charge in [0.15, 0.2) is 0 Å². The molecule has 2 aliphatic rings. The summed E-state index contributed by atoms with van der Waals surface area (Å²) in [5.41, 5.74) is 1.41. The van der Waals surface area contributed by atoms with Crippen LogP contribution in [0.3, 0.4) is 0 Å². The zero-order valence-electron chi connectivity index (χ0n) is 11.1. The molecule has 0 spiro atoms. The van der Waals surface area contributed by atoms with E-state index in [1.54, 1.807) is 12.1 Å². The monoisotopic (exact) mass is 295 g/mol. The first kappa shape index (κ1) is 13.4. The molecule has 1 saturated carbocycles. The van der Waals surface area contributed by atoms with Crippen LogP contribution < -0.4 is 4.31 Å². The van der Waals surface area contributed by atoms with Gasteiger partial charge in [-0.1, -0.05) is 6.07 Å². The number of sulfonamides is 1. The lowest BCUT2D eigenvalue weighted by molar-refractivity contribution is 0.0695. The van der Waals surface area contributed by atoms with Crippen molar-refractivity contribution in [3.63, 3.8) is 0 Å². The van der Waals surface area contributed by atoms with Gasteiger partial charge in [0.05, 0.1) is 17.0 Å². The Morgan fingerprint density at radius 1 is 1.35 bits per heavy atom. The van der Waals surface area contributed by atoms with Crippen molar-refractivity contribution in [2.45, 2.75) is 25.7 Å². The molecule has 0 unspecified atom stereocenters. The average Bonchev–Trinajstić information content (AvgIpc) is 3.20. The first-order valence-corrected chi connectivity index (χ1v) is 8.45. The van der Waals surface area contributed by atoms with Crippen molar-refractivity contribution in [3.8, 4) is 0 Å². The molecule has 6 heteroatoms. The molecule has 0 amide bonds. The minimum absolute atomic E-state index is 0.184. The molecule has 5 nitrogen and oxygen atoms in total. The van der Waals surface area contributed by atoms with E-state index >= 15 is 0 Å². The maximum absolute atomic E-state index is 12.5. The molecule has 1 N–H and O–H groups in total. The van der Waals surface area contributed by atoms with Crippen molar-refractivity contribution in [2.75, 3.05) is 16.6 Å². The summed E-state index contributed by atoms with van der Waals surface area (Å²) in [5.74, 6) is -0.527. The smallest absolute Gasteiger partial charge is 0.336 e. The first-order chi connectivity index (χ1) is 9.49. The second kappa shape index (κ2) is 4.77. The maximum atomic E-state index is 12.5. The van der Waals surface area contributed by atoms with E-state index < -0.39 is 16.0 Å². The van der Waals surface area contributed by atoms with Gasteiger partial charge < -0.3 is 5.11 Å². The summed E-state index contributed by atoms with van der Waals surface area (Å²) < 4.78 is 26.3. The highest BCUT2D eigenvalue weighted by molar-refractivity contribution is 7.92. The lowest BCUT2D eigenvalue weighted by Crippen LogP contribution is -2.38. The van der Waals surface area contributed by atoms with Crippen molar-refractivity contribution in [1.82, 2.24) is 0 Å². The lowest BCUT2D eigenvalue weighted by atomic mass is 9.98. The van der Waals surface area contributed by atoms with Gasteiger partial charge in [0.1, 0.15) is 0 Å². The molecule has 0 radical (unpaired) electrons. The number of anilines is 1. The number of carboxylic acid groups (broad SMARTS) is 1. The second-order valence-corrected chi connectivity index (χ2v) is 7.44. The topological polar surface area (TPSA) is 74.7 Å². The SMILES string of the molecule is O=C(O)c1cccc2c1CCCN2S(=O)(=O)CC1CC1. The Morgan fingerprint density at radius 3 is 2.75 bits per heavy atom. The molecule has 0 atom stereocenters. The van der Waals surface area contributed by atoms with Crippen LogP contribution in [0.2, 0.25) is 0 Å². The van der Waals surface area contributed by atoms with Crippen LogP contribution in [0.1, 0.15) is 35.2 Å². The minimum Gasteiger partial charge on any atom is -0.478 e. The predicted molar refractivity (Wildman–Crippen MR) is 75.6 cm³/mol. The highest BCUT2D eigenvalue weighted by Crippen LogP contribution is 2.36. The fraction of sp³-hybridized carbons (Fsp3) is 0.500. The van der Waals surface area contributed by atoms with E-state index in [9.17, 15) is 18.3 Å².